The van der Waals surface area contributed by atoms with Gasteiger partial charge in [0.1, 0.15) is 0 Å². The van der Waals surface area contributed by atoms with E-state index in [1.54, 1.807) is 0 Å². The average molecular weight is 728 g/mol. The monoisotopic (exact) mass is 727 g/mol. The summed E-state index contributed by atoms with van der Waals surface area (Å²) in [6.07, 6.45) is 0. The van der Waals surface area contributed by atoms with Gasteiger partial charge in [-0.25, -0.2) is 15.0 Å². The van der Waals surface area contributed by atoms with Crippen molar-refractivity contribution >= 4 is 53.9 Å². The Balaban J connectivity index is 1.35. The summed E-state index contributed by atoms with van der Waals surface area (Å²) >= 11 is 0. The third kappa shape index (κ3) is 5.31. The van der Waals surface area contributed by atoms with E-state index in [4.69, 9.17) is 15.0 Å². The van der Waals surface area contributed by atoms with Gasteiger partial charge in [-0.15, -0.1) is 0 Å². The van der Waals surface area contributed by atoms with Crippen molar-refractivity contribution in [3.05, 3.63) is 199 Å². The van der Waals surface area contributed by atoms with Crippen LogP contribution < -0.4 is 0 Å². The largest absolute Gasteiger partial charge is 0.208 e. The number of rotatable bonds is 3. The first kappa shape index (κ1) is 33.1. The van der Waals surface area contributed by atoms with Crippen molar-refractivity contribution < 1.29 is 0 Å². The van der Waals surface area contributed by atoms with Crippen LogP contribution in [-0.2, 0) is 5.41 Å². The molecule has 0 unspecified atom stereocenters. The molecule has 0 amide bonds. The molecule has 1 aromatic heterocycles. The fraction of sp³-hybridized carbons (Fsp3) is 0.0556. The van der Waals surface area contributed by atoms with Crippen LogP contribution in [0.2, 0.25) is 0 Å². The number of fused-ring (bicyclic) bond motifs is 13. The Bertz CT molecular complexity index is 3250. The molecule has 0 radical (unpaired) electrons. The zero-order chi connectivity index (χ0) is 38.1. The quantitative estimate of drug-likeness (QED) is 0.182. The molecule has 0 bridgehead atoms. The SMILES string of the molecule is CC1(C)c2ccccc2-c2cc3c4cc(-c5nc(-c6ccccc6)nc(-c6ccccc6)n5)ccc4c4ccccc4c4ccccc4c4ccccc4c3cc21. The van der Waals surface area contributed by atoms with E-state index in [0.717, 1.165) is 27.5 Å². The molecule has 10 aromatic rings. The standard InChI is InChI=1S/C54H37N3/c1-54(2)49-28-16-15-27-44(49)48-32-46-45-31-36(53-56-51(34-17-5-3-6-18-34)55-52(57-53)35-19-7-4-8-20-35)29-30-43(45)41-25-12-11-23-39(41)37-21-9-10-22-38(37)40-24-13-14-26-42(40)47(46)33-50(48)54/h3-33H,1-2H3. The van der Waals surface area contributed by atoms with Crippen molar-refractivity contribution in [3.8, 4) is 45.3 Å². The molecule has 11 rings (SSSR count). The van der Waals surface area contributed by atoms with Gasteiger partial charge in [-0.3, -0.25) is 0 Å². The highest BCUT2D eigenvalue weighted by Crippen LogP contribution is 2.51. The summed E-state index contributed by atoms with van der Waals surface area (Å²) in [5, 5.41) is 11.9. The first-order valence-electron chi connectivity index (χ1n) is 19.6. The van der Waals surface area contributed by atoms with Crippen LogP contribution in [0, 0.1) is 0 Å². The molecule has 0 N–H and O–H groups in total. The second-order valence-electron chi connectivity index (χ2n) is 15.5. The van der Waals surface area contributed by atoms with E-state index in [1.807, 2.05) is 36.4 Å². The Hall–Kier alpha value is -7.23. The highest BCUT2D eigenvalue weighted by Gasteiger charge is 2.35. The molecule has 57 heavy (non-hydrogen) atoms. The van der Waals surface area contributed by atoms with Gasteiger partial charge in [-0.2, -0.15) is 0 Å². The number of benzene rings is 8. The second kappa shape index (κ2) is 12.9. The zero-order valence-corrected chi connectivity index (χ0v) is 31.7. The van der Waals surface area contributed by atoms with Gasteiger partial charge in [-0.1, -0.05) is 184 Å². The van der Waals surface area contributed by atoms with Crippen LogP contribution in [0.5, 0.6) is 0 Å². The van der Waals surface area contributed by atoms with E-state index < -0.39 is 0 Å². The maximum atomic E-state index is 5.17. The molecule has 0 spiro atoms. The van der Waals surface area contributed by atoms with Crippen LogP contribution in [0.25, 0.3) is 99.2 Å². The predicted octanol–water partition coefficient (Wildman–Crippen LogP) is 14.1. The molecule has 1 aliphatic rings. The second-order valence-corrected chi connectivity index (χ2v) is 15.5. The highest BCUT2D eigenvalue weighted by atomic mass is 15.0. The number of aromatic nitrogens is 3. The molecular weight excluding hydrogens is 691 g/mol. The first-order chi connectivity index (χ1) is 28.0. The zero-order valence-electron chi connectivity index (χ0n) is 31.7. The van der Waals surface area contributed by atoms with Crippen molar-refractivity contribution in [1.82, 2.24) is 15.0 Å². The molecule has 0 aliphatic heterocycles. The molecule has 1 aliphatic carbocycles. The summed E-state index contributed by atoms with van der Waals surface area (Å²) in [4.78, 5) is 15.3. The van der Waals surface area contributed by atoms with Crippen LogP contribution >= 0.6 is 0 Å². The van der Waals surface area contributed by atoms with E-state index in [1.165, 1.54) is 65.3 Å². The lowest BCUT2D eigenvalue weighted by molar-refractivity contribution is 0.661. The Kier molecular flexibility index (Phi) is 7.52. The molecule has 268 valence electrons. The average Bonchev–Trinajstić information content (AvgIpc) is 3.51. The van der Waals surface area contributed by atoms with Gasteiger partial charge >= 0.3 is 0 Å². The van der Waals surface area contributed by atoms with Crippen molar-refractivity contribution in [1.29, 1.82) is 0 Å². The van der Waals surface area contributed by atoms with Gasteiger partial charge in [0, 0.05) is 22.1 Å². The molecule has 0 atom stereocenters. The topological polar surface area (TPSA) is 38.7 Å². The minimum Gasteiger partial charge on any atom is -0.208 e. The van der Waals surface area contributed by atoms with Crippen LogP contribution in [0.1, 0.15) is 25.0 Å². The maximum Gasteiger partial charge on any atom is 0.164 e. The van der Waals surface area contributed by atoms with Gasteiger partial charge in [0.15, 0.2) is 17.5 Å². The van der Waals surface area contributed by atoms with Crippen molar-refractivity contribution in [2.75, 3.05) is 0 Å². The van der Waals surface area contributed by atoms with E-state index in [9.17, 15) is 0 Å². The summed E-state index contributed by atoms with van der Waals surface area (Å²) in [5.41, 5.74) is 7.95. The van der Waals surface area contributed by atoms with Gasteiger partial charge in [0.05, 0.1) is 0 Å². The Labute approximate surface area is 331 Å². The normalized spacial score (nSPS) is 12.9. The van der Waals surface area contributed by atoms with E-state index in [-0.39, 0.29) is 5.41 Å². The lowest BCUT2D eigenvalue weighted by Gasteiger charge is -2.22. The fourth-order valence-corrected chi connectivity index (χ4v) is 9.13. The smallest absolute Gasteiger partial charge is 0.164 e. The third-order valence-corrected chi connectivity index (χ3v) is 11.9. The summed E-state index contributed by atoms with van der Waals surface area (Å²) in [6, 6.07) is 67.7. The van der Waals surface area contributed by atoms with E-state index in [2.05, 4.69) is 166 Å². The van der Waals surface area contributed by atoms with E-state index >= 15 is 0 Å². The highest BCUT2D eigenvalue weighted by molar-refractivity contribution is 6.27. The molecule has 0 saturated heterocycles. The fourth-order valence-electron chi connectivity index (χ4n) is 9.13. The Morgan fingerprint density at radius 3 is 1.19 bits per heavy atom. The minimum absolute atomic E-state index is 0.160. The van der Waals surface area contributed by atoms with E-state index in [0.29, 0.717) is 17.5 Å². The van der Waals surface area contributed by atoms with Crippen molar-refractivity contribution in [2.24, 2.45) is 0 Å². The summed E-state index contributed by atoms with van der Waals surface area (Å²) in [6.45, 7) is 4.73. The summed E-state index contributed by atoms with van der Waals surface area (Å²) in [7, 11) is 0. The first-order valence-corrected chi connectivity index (χ1v) is 19.6. The van der Waals surface area contributed by atoms with Gasteiger partial charge in [-0.05, 0) is 94.3 Å². The summed E-state index contributed by atoms with van der Waals surface area (Å²) < 4.78 is 0. The molecule has 0 fully saturated rings. The van der Waals surface area contributed by atoms with Crippen molar-refractivity contribution in [2.45, 2.75) is 19.3 Å². The molecule has 0 saturated carbocycles. The van der Waals surface area contributed by atoms with Crippen LogP contribution in [0.3, 0.4) is 0 Å². The number of hydrogen-bond acceptors (Lipinski definition) is 3. The summed E-state index contributed by atoms with van der Waals surface area (Å²) in [5.74, 6) is 1.93. The lowest BCUT2D eigenvalue weighted by Crippen LogP contribution is -2.14. The van der Waals surface area contributed by atoms with Crippen LogP contribution in [0.15, 0.2) is 188 Å². The molecule has 9 aromatic carbocycles. The number of nitrogens with zero attached hydrogens (tertiary/aromatic N) is 3. The molecule has 3 nitrogen and oxygen atoms in total. The van der Waals surface area contributed by atoms with Gasteiger partial charge in [0.25, 0.3) is 0 Å². The maximum absolute atomic E-state index is 5.17. The predicted molar refractivity (Wildman–Crippen MR) is 239 cm³/mol. The molecule has 1 heterocycles. The van der Waals surface area contributed by atoms with Crippen molar-refractivity contribution in [3.63, 3.8) is 0 Å². The van der Waals surface area contributed by atoms with Gasteiger partial charge < -0.3 is 0 Å². The minimum atomic E-state index is -0.160. The number of hydrogen-bond donors (Lipinski definition) is 0. The Morgan fingerprint density at radius 1 is 0.281 bits per heavy atom. The van der Waals surface area contributed by atoms with Gasteiger partial charge in [0.2, 0.25) is 0 Å². The third-order valence-electron chi connectivity index (χ3n) is 11.9. The van der Waals surface area contributed by atoms with Crippen LogP contribution in [0.4, 0.5) is 0 Å². The Morgan fingerprint density at radius 2 is 0.667 bits per heavy atom. The van der Waals surface area contributed by atoms with Crippen LogP contribution in [-0.4, -0.2) is 15.0 Å². The lowest BCUT2D eigenvalue weighted by atomic mass is 9.81. The molecular formula is C54H37N3. The molecule has 3 heteroatoms.